The van der Waals surface area contributed by atoms with Gasteiger partial charge in [0.05, 0.1) is 5.52 Å². The van der Waals surface area contributed by atoms with Crippen molar-refractivity contribution < 1.29 is 0 Å². The van der Waals surface area contributed by atoms with Gasteiger partial charge >= 0.3 is 0 Å². The highest BCUT2D eigenvalue weighted by Crippen LogP contribution is 2.34. The van der Waals surface area contributed by atoms with E-state index in [4.69, 9.17) is 0 Å². The molecule has 1 aromatic heterocycles. The van der Waals surface area contributed by atoms with E-state index in [2.05, 4.69) is 45.8 Å². The van der Waals surface area contributed by atoms with Crippen LogP contribution in [0.3, 0.4) is 0 Å². The van der Waals surface area contributed by atoms with Crippen LogP contribution in [0.4, 0.5) is 5.00 Å². The van der Waals surface area contributed by atoms with Crippen molar-refractivity contribution in [1.82, 2.24) is 9.69 Å². The lowest BCUT2D eigenvalue weighted by Crippen LogP contribution is -2.45. The minimum atomic E-state index is 0.624. The maximum atomic E-state index is 4.60. The van der Waals surface area contributed by atoms with E-state index >= 15 is 0 Å². The van der Waals surface area contributed by atoms with Crippen LogP contribution in [-0.4, -0.2) is 30.0 Å². The molecule has 0 aliphatic carbocycles. The molecule has 1 aliphatic heterocycles. The van der Waals surface area contributed by atoms with E-state index in [-0.39, 0.29) is 0 Å². The first kappa shape index (κ1) is 13.8. The van der Waals surface area contributed by atoms with Crippen LogP contribution >= 0.6 is 11.5 Å². The van der Waals surface area contributed by atoms with Crippen LogP contribution in [0.2, 0.25) is 0 Å². The van der Waals surface area contributed by atoms with Crippen molar-refractivity contribution in [3.8, 4) is 0 Å². The Morgan fingerprint density at radius 1 is 1.35 bits per heavy atom. The number of nitrogens with one attached hydrogen (secondary N) is 1. The van der Waals surface area contributed by atoms with Crippen molar-refractivity contribution in [1.29, 1.82) is 0 Å². The molecule has 3 rings (SSSR count). The summed E-state index contributed by atoms with van der Waals surface area (Å²) in [5.41, 5.74) is 1.14. The highest BCUT2D eigenvalue weighted by molar-refractivity contribution is 7.11. The van der Waals surface area contributed by atoms with Crippen molar-refractivity contribution in [2.24, 2.45) is 0 Å². The number of nitrogens with zero attached hydrogens (tertiary/aromatic N) is 2. The van der Waals surface area contributed by atoms with E-state index < -0.39 is 0 Å². The van der Waals surface area contributed by atoms with Crippen molar-refractivity contribution in [3.63, 3.8) is 0 Å². The molecule has 1 aromatic carbocycles. The molecule has 1 unspecified atom stereocenters. The molecule has 20 heavy (non-hydrogen) atoms. The number of benzene rings is 1. The van der Waals surface area contributed by atoms with E-state index in [0.29, 0.717) is 6.04 Å². The molecular weight excluding hydrogens is 266 g/mol. The zero-order valence-corrected chi connectivity index (χ0v) is 13.0. The molecule has 2 aromatic rings. The topological polar surface area (TPSA) is 28.2 Å². The summed E-state index contributed by atoms with van der Waals surface area (Å²) in [5, 5.41) is 6.27. The lowest BCUT2D eigenvalue weighted by atomic mass is 10.0. The molecule has 0 amide bonds. The first-order valence-corrected chi connectivity index (χ1v) is 8.49. The summed E-state index contributed by atoms with van der Waals surface area (Å²) in [6.45, 7) is 5.61. The Balaban J connectivity index is 1.81. The van der Waals surface area contributed by atoms with Crippen LogP contribution in [0.1, 0.15) is 32.6 Å². The van der Waals surface area contributed by atoms with E-state index in [1.54, 1.807) is 11.5 Å². The van der Waals surface area contributed by atoms with Crippen molar-refractivity contribution in [3.05, 3.63) is 24.3 Å². The van der Waals surface area contributed by atoms with Gasteiger partial charge in [-0.1, -0.05) is 19.1 Å². The number of piperidine rings is 1. The zero-order valence-electron chi connectivity index (χ0n) is 12.1. The highest BCUT2D eigenvalue weighted by Gasteiger charge is 2.25. The number of hydrogen-bond acceptors (Lipinski definition) is 4. The van der Waals surface area contributed by atoms with E-state index in [0.717, 1.165) is 18.6 Å². The van der Waals surface area contributed by atoms with Gasteiger partial charge < -0.3 is 10.2 Å². The second-order valence-corrected chi connectivity index (χ2v) is 6.30. The molecule has 0 radical (unpaired) electrons. The third-order valence-electron chi connectivity index (χ3n) is 4.06. The van der Waals surface area contributed by atoms with Gasteiger partial charge in [-0.05, 0) is 55.9 Å². The monoisotopic (exact) mass is 289 g/mol. The Kier molecular flexibility index (Phi) is 4.53. The minimum Gasteiger partial charge on any atom is -0.357 e. The number of fused-ring (bicyclic) bond motifs is 1. The Morgan fingerprint density at radius 2 is 2.25 bits per heavy atom. The van der Waals surface area contributed by atoms with Gasteiger partial charge in [-0.25, -0.2) is 0 Å². The third kappa shape index (κ3) is 2.81. The van der Waals surface area contributed by atoms with Gasteiger partial charge in [-0.2, -0.15) is 4.37 Å². The second kappa shape index (κ2) is 6.55. The molecule has 108 valence electrons. The van der Waals surface area contributed by atoms with Crippen LogP contribution < -0.4 is 10.2 Å². The van der Waals surface area contributed by atoms with Crippen LogP contribution in [0.15, 0.2) is 24.3 Å². The highest BCUT2D eigenvalue weighted by atomic mass is 32.1. The standard InChI is InChI=1S/C16H23N3S/c1-2-10-17-12-13-7-5-6-11-19(13)16-14-8-3-4-9-15(14)18-20-16/h3-4,8-9,13,17H,2,5-7,10-12H2,1H3. The summed E-state index contributed by atoms with van der Waals surface area (Å²) in [7, 11) is 0. The summed E-state index contributed by atoms with van der Waals surface area (Å²) in [5.74, 6) is 0. The fourth-order valence-electron chi connectivity index (χ4n) is 3.01. The molecule has 1 aliphatic rings. The predicted octanol–water partition coefficient (Wildman–Crippen LogP) is 3.65. The molecular formula is C16H23N3S. The molecule has 3 nitrogen and oxygen atoms in total. The molecule has 1 fully saturated rings. The Labute approximate surface area is 125 Å². The molecule has 1 atom stereocenters. The lowest BCUT2D eigenvalue weighted by molar-refractivity contribution is 0.438. The predicted molar refractivity (Wildman–Crippen MR) is 87.8 cm³/mol. The third-order valence-corrected chi connectivity index (χ3v) is 4.97. The number of anilines is 1. The summed E-state index contributed by atoms with van der Waals surface area (Å²) in [6, 6.07) is 9.14. The van der Waals surface area contributed by atoms with E-state index in [9.17, 15) is 0 Å². The molecule has 1 saturated heterocycles. The second-order valence-electron chi connectivity index (χ2n) is 5.55. The van der Waals surface area contributed by atoms with Gasteiger partial charge in [0.25, 0.3) is 0 Å². The maximum Gasteiger partial charge on any atom is 0.120 e. The van der Waals surface area contributed by atoms with Gasteiger partial charge in [0.2, 0.25) is 0 Å². The lowest BCUT2D eigenvalue weighted by Gasteiger charge is -2.36. The smallest absolute Gasteiger partial charge is 0.120 e. The molecule has 2 heterocycles. The molecule has 0 saturated carbocycles. The number of rotatable bonds is 5. The molecule has 0 bridgehead atoms. The number of hydrogen-bond donors (Lipinski definition) is 1. The molecule has 0 spiro atoms. The summed E-state index contributed by atoms with van der Waals surface area (Å²) < 4.78 is 4.60. The molecule has 1 N–H and O–H groups in total. The zero-order chi connectivity index (χ0) is 13.8. The minimum absolute atomic E-state index is 0.624. The average molecular weight is 289 g/mol. The first-order chi connectivity index (χ1) is 9.90. The first-order valence-electron chi connectivity index (χ1n) is 7.72. The van der Waals surface area contributed by atoms with Crippen molar-refractivity contribution in [2.45, 2.75) is 38.6 Å². The normalized spacial score (nSPS) is 19.6. The maximum absolute atomic E-state index is 4.60. The van der Waals surface area contributed by atoms with E-state index in [1.807, 2.05) is 0 Å². The summed E-state index contributed by atoms with van der Waals surface area (Å²) in [4.78, 5) is 2.59. The summed E-state index contributed by atoms with van der Waals surface area (Å²) in [6.07, 6.45) is 5.15. The van der Waals surface area contributed by atoms with E-state index in [1.165, 1.54) is 42.6 Å². The SMILES string of the molecule is CCCNCC1CCCCN1c1snc2ccccc12. The van der Waals surface area contributed by atoms with Gasteiger partial charge in [0.1, 0.15) is 5.00 Å². The van der Waals surface area contributed by atoms with Crippen LogP contribution in [0, 0.1) is 0 Å². The van der Waals surface area contributed by atoms with Crippen LogP contribution in [-0.2, 0) is 0 Å². The van der Waals surface area contributed by atoms with Crippen LogP contribution in [0.5, 0.6) is 0 Å². The molecule has 4 heteroatoms. The van der Waals surface area contributed by atoms with Gasteiger partial charge in [-0.15, -0.1) is 0 Å². The Hall–Kier alpha value is -1.13. The fourth-order valence-corrected chi connectivity index (χ4v) is 3.97. The Bertz CT molecular complexity index is 551. The van der Waals surface area contributed by atoms with Crippen molar-refractivity contribution >= 4 is 27.4 Å². The average Bonchev–Trinajstić information content (AvgIpc) is 2.92. The fraction of sp³-hybridized carbons (Fsp3) is 0.562. The van der Waals surface area contributed by atoms with Gasteiger partial charge in [-0.3, -0.25) is 0 Å². The Morgan fingerprint density at radius 3 is 3.15 bits per heavy atom. The number of aromatic nitrogens is 1. The van der Waals surface area contributed by atoms with Gasteiger partial charge in [0.15, 0.2) is 0 Å². The van der Waals surface area contributed by atoms with Gasteiger partial charge in [0, 0.05) is 24.5 Å². The summed E-state index contributed by atoms with van der Waals surface area (Å²) >= 11 is 1.66. The largest absolute Gasteiger partial charge is 0.357 e. The van der Waals surface area contributed by atoms with Crippen molar-refractivity contribution in [2.75, 3.05) is 24.5 Å². The quantitative estimate of drug-likeness (QED) is 0.852. The van der Waals surface area contributed by atoms with Crippen LogP contribution in [0.25, 0.3) is 10.9 Å².